The lowest BCUT2D eigenvalue weighted by Gasteiger charge is -2.38. The zero-order valence-corrected chi connectivity index (χ0v) is 14.4. The predicted molar refractivity (Wildman–Crippen MR) is 92.8 cm³/mol. The molecule has 0 bridgehead atoms. The molecule has 3 aromatic rings. The molecule has 0 spiro atoms. The largest absolute Gasteiger partial charge is 0.455 e. The Morgan fingerprint density at radius 1 is 1.07 bits per heavy atom. The number of fused-ring (bicyclic) bond motifs is 1. The van der Waals surface area contributed by atoms with Crippen molar-refractivity contribution in [3.8, 4) is 11.6 Å². The summed E-state index contributed by atoms with van der Waals surface area (Å²) < 4.78 is 47.4. The topological polar surface area (TPSA) is 47.3 Å². The van der Waals surface area contributed by atoms with Gasteiger partial charge in [-0.2, -0.15) is 18.3 Å². The molecule has 1 N–H and O–H groups in total. The fourth-order valence-electron chi connectivity index (χ4n) is 3.49. The van der Waals surface area contributed by atoms with Crippen LogP contribution in [-0.2, 0) is 0 Å². The highest BCUT2D eigenvalue weighted by Gasteiger charge is 2.61. The fourth-order valence-corrected chi connectivity index (χ4v) is 3.49. The second-order valence-corrected chi connectivity index (χ2v) is 6.60. The van der Waals surface area contributed by atoms with E-state index in [1.54, 1.807) is 67.6 Å². The summed E-state index contributed by atoms with van der Waals surface area (Å²) >= 11 is 0. The maximum Gasteiger partial charge on any atom is 0.455 e. The molecule has 0 saturated heterocycles. The van der Waals surface area contributed by atoms with Gasteiger partial charge in [-0.15, -0.1) is 0 Å². The third kappa shape index (κ3) is 2.88. The average molecular weight is 374 g/mol. The number of hydrogen-bond donors (Lipinski definition) is 1. The Balaban J connectivity index is 1.94. The van der Waals surface area contributed by atoms with Gasteiger partial charge in [-0.25, -0.2) is 4.68 Å². The Hall–Kier alpha value is -2.80. The standard InChI is InChI=1S/C20H17F3N2O2/c1-13-17-16(14-8-4-2-5-9-14)12-19(26,20(21,22)23)27-18(17)25(24-13)15-10-6-3-7-11-15/h2-11,16,26H,12H2,1H3. The van der Waals surface area contributed by atoms with Gasteiger partial charge in [0.05, 0.1) is 11.4 Å². The summed E-state index contributed by atoms with van der Waals surface area (Å²) in [6.07, 6.45) is -5.58. The number of aliphatic hydroxyl groups is 1. The van der Waals surface area contributed by atoms with Crippen LogP contribution < -0.4 is 4.74 Å². The van der Waals surface area contributed by atoms with Crippen molar-refractivity contribution in [3.05, 3.63) is 77.5 Å². The number of ether oxygens (including phenoxy) is 1. The Labute approximate surface area is 153 Å². The molecule has 140 valence electrons. The van der Waals surface area contributed by atoms with Crippen LogP contribution in [0.2, 0.25) is 0 Å². The highest BCUT2D eigenvalue weighted by atomic mass is 19.4. The van der Waals surface area contributed by atoms with Crippen LogP contribution in [0.3, 0.4) is 0 Å². The van der Waals surface area contributed by atoms with E-state index in [0.29, 0.717) is 22.5 Å². The molecule has 7 heteroatoms. The molecule has 27 heavy (non-hydrogen) atoms. The molecule has 2 unspecified atom stereocenters. The van der Waals surface area contributed by atoms with E-state index < -0.39 is 24.3 Å². The zero-order valence-electron chi connectivity index (χ0n) is 14.4. The van der Waals surface area contributed by atoms with Crippen molar-refractivity contribution < 1.29 is 23.0 Å². The number of halogens is 3. The molecular formula is C20H17F3N2O2. The van der Waals surface area contributed by atoms with Crippen molar-refractivity contribution in [2.45, 2.75) is 31.2 Å². The first-order valence-corrected chi connectivity index (χ1v) is 8.48. The number of benzene rings is 2. The quantitative estimate of drug-likeness (QED) is 0.726. The highest BCUT2D eigenvalue weighted by molar-refractivity contribution is 5.48. The molecule has 4 rings (SSSR count). The minimum absolute atomic E-state index is 0.0846. The van der Waals surface area contributed by atoms with Gasteiger partial charge in [-0.3, -0.25) is 0 Å². The van der Waals surface area contributed by atoms with Gasteiger partial charge in [0.15, 0.2) is 0 Å². The molecule has 0 radical (unpaired) electrons. The van der Waals surface area contributed by atoms with Gasteiger partial charge in [0.1, 0.15) is 0 Å². The van der Waals surface area contributed by atoms with Crippen LogP contribution in [0, 0.1) is 6.92 Å². The van der Waals surface area contributed by atoms with Crippen LogP contribution in [-0.4, -0.2) is 26.9 Å². The molecule has 2 atom stereocenters. The van der Waals surface area contributed by atoms with Gasteiger partial charge in [0.25, 0.3) is 0 Å². The maximum atomic E-state index is 13.6. The predicted octanol–water partition coefficient (Wildman–Crippen LogP) is 4.35. The van der Waals surface area contributed by atoms with Gasteiger partial charge >= 0.3 is 12.0 Å². The smallest absolute Gasteiger partial charge is 0.435 e. The van der Waals surface area contributed by atoms with Gasteiger partial charge in [0, 0.05) is 17.9 Å². The minimum atomic E-state index is -4.95. The summed E-state index contributed by atoms with van der Waals surface area (Å²) in [5.74, 6) is -4.07. The van der Waals surface area contributed by atoms with Gasteiger partial charge in [-0.05, 0) is 24.6 Å². The SMILES string of the molecule is Cc1nn(-c2ccccc2)c2c1C(c1ccccc1)CC(O)(C(F)(F)F)O2. The van der Waals surface area contributed by atoms with Crippen LogP contribution in [0.15, 0.2) is 60.7 Å². The Morgan fingerprint density at radius 3 is 2.26 bits per heavy atom. The maximum absolute atomic E-state index is 13.6. The highest BCUT2D eigenvalue weighted by Crippen LogP contribution is 2.50. The van der Waals surface area contributed by atoms with E-state index in [1.807, 2.05) is 0 Å². The summed E-state index contributed by atoms with van der Waals surface area (Å²) in [5, 5.41) is 14.8. The van der Waals surface area contributed by atoms with E-state index in [1.165, 1.54) is 4.68 Å². The molecule has 4 nitrogen and oxygen atoms in total. The summed E-state index contributed by atoms with van der Waals surface area (Å²) in [4.78, 5) is 0. The first-order chi connectivity index (χ1) is 12.8. The van der Waals surface area contributed by atoms with Gasteiger partial charge in [0.2, 0.25) is 5.88 Å². The van der Waals surface area contributed by atoms with Crippen LogP contribution >= 0.6 is 0 Å². The Kier molecular flexibility index (Phi) is 3.99. The molecule has 1 aromatic heterocycles. The van der Waals surface area contributed by atoms with Crippen molar-refractivity contribution >= 4 is 0 Å². The van der Waals surface area contributed by atoms with Crippen molar-refractivity contribution in [3.63, 3.8) is 0 Å². The lowest BCUT2D eigenvalue weighted by molar-refractivity contribution is -0.343. The number of rotatable bonds is 2. The number of hydrogen-bond acceptors (Lipinski definition) is 3. The third-order valence-electron chi connectivity index (χ3n) is 4.80. The Bertz CT molecular complexity index is 955. The first-order valence-electron chi connectivity index (χ1n) is 8.48. The lowest BCUT2D eigenvalue weighted by Crippen LogP contribution is -2.53. The molecule has 0 fully saturated rings. The number of nitrogens with zero attached hydrogens (tertiary/aromatic N) is 2. The summed E-state index contributed by atoms with van der Waals surface area (Å²) in [6.45, 7) is 1.73. The molecule has 0 saturated carbocycles. The van der Waals surface area contributed by atoms with Crippen LogP contribution in [0.5, 0.6) is 5.88 Å². The number of aromatic nitrogens is 2. The average Bonchev–Trinajstić information content (AvgIpc) is 2.98. The molecule has 2 heterocycles. The van der Waals surface area contributed by atoms with E-state index in [9.17, 15) is 18.3 Å². The second kappa shape index (κ2) is 6.13. The van der Waals surface area contributed by atoms with E-state index in [2.05, 4.69) is 5.10 Å². The molecule has 1 aliphatic rings. The van der Waals surface area contributed by atoms with Crippen molar-refractivity contribution in [1.82, 2.24) is 9.78 Å². The molecule has 1 aliphatic heterocycles. The van der Waals surface area contributed by atoms with Crippen LogP contribution in [0.25, 0.3) is 5.69 Å². The molecule has 0 aliphatic carbocycles. The van der Waals surface area contributed by atoms with E-state index in [-0.39, 0.29) is 5.88 Å². The summed E-state index contributed by atoms with van der Waals surface area (Å²) in [5.41, 5.74) is 2.34. The lowest BCUT2D eigenvalue weighted by atomic mass is 9.83. The van der Waals surface area contributed by atoms with Crippen molar-refractivity contribution in [2.24, 2.45) is 0 Å². The van der Waals surface area contributed by atoms with E-state index >= 15 is 0 Å². The number of alkyl halides is 3. The van der Waals surface area contributed by atoms with Crippen LogP contribution in [0.4, 0.5) is 13.2 Å². The summed E-state index contributed by atoms with van der Waals surface area (Å²) in [6, 6.07) is 17.5. The normalized spacial score (nSPS) is 22.2. The van der Waals surface area contributed by atoms with Gasteiger partial charge in [-0.1, -0.05) is 48.5 Å². The second-order valence-electron chi connectivity index (χ2n) is 6.60. The zero-order chi connectivity index (χ0) is 19.2. The third-order valence-corrected chi connectivity index (χ3v) is 4.80. The monoisotopic (exact) mass is 374 g/mol. The fraction of sp³-hybridized carbons (Fsp3) is 0.250. The van der Waals surface area contributed by atoms with E-state index in [4.69, 9.17) is 4.74 Å². The van der Waals surface area contributed by atoms with E-state index in [0.717, 1.165) is 0 Å². The van der Waals surface area contributed by atoms with Crippen molar-refractivity contribution in [1.29, 1.82) is 0 Å². The van der Waals surface area contributed by atoms with Gasteiger partial charge < -0.3 is 9.84 Å². The molecule has 2 aromatic carbocycles. The summed E-state index contributed by atoms with van der Waals surface area (Å²) in [7, 11) is 0. The molecular weight excluding hydrogens is 357 g/mol. The Morgan fingerprint density at radius 2 is 1.67 bits per heavy atom. The first kappa shape index (κ1) is 17.6. The molecule has 0 amide bonds. The van der Waals surface area contributed by atoms with Crippen LogP contribution in [0.1, 0.15) is 29.2 Å². The van der Waals surface area contributed by atoms with Crippen molar-refractivity contribution in [2.75, 3.05) is 0 Å². The number of para-hydroxylation sites is 1. The minimum Gasteiger partial charge on any atom is -0.435 e. The number of aryl methyl sites for hydroxylation is 1.